The highest BCUT2D eigenvalue weighted by Crippen LogP contribution is 2.13. The molecule has 4 heteroatoms. The summed E-state index contributed by atoms with van der Waals surface area (Å²) in [6.45, 7) is 4.79. The lowest BCUT2D eigenvalue weighted by Crippen LogP contribution is -2.35. The minimum atomic E-state index is -0.537. The Kier molecular flexibility index (Phi) is 5.83. The van der Waals surface area contributed by atoms with Crippen molar-refractivity contribution in [2.24, 2.45) is 0 Å². The minimum absolute atomic E-state index is 0.141. The van der Waals surface area contributed by atoms with Crippen LogP contribution in [-0.4, -0.2) is 18.6 Å². The lowest BCUT2D eigenvalue weighted by molar-refractivity contribution is -0.127. The van der Waals surface area contributed by atoms with Crippen molar-refractivity contribution in [1.82, 2.24) is 5.32 Å². The van der Waals surface area contributed by atoms with Gasteiger partial charge in [-0.05, 0) is 43.7 Å². The summed E-state index contributed by atoms with van der Waals surface area (Å²) in [6.07, 6.45) is -0.537. The fourth-order valence-corrected chi connectivity index (χ4v) is 1.96. The molecule has 2 aromatic carbocycles. The molecule has 116 valence electrons. The van der Waals surface area contributed by atoms with Crippen LogP contribution in [0.2, 0.25) is 0 Å². The van der Waals surface area contributed by atoms with E-state index in [1.54, 1.807) is 6.92 Å². The van der Waals surface area contributed by atoms with Crippen molar-refractivity contribution in [3.63, 3.8) is 0 Å². The first-order valence-corrected chi connectivity index (χ1v) is 7.40. The van der Waals surface area contributed by atoms with Gasteiger partial charge in [0, 0.05) is 6.54 Å². The zero-order valence-corrected chi connectivity index (χ0v) is 12.9. The summed E-state index contributed by atoms with van der Waals surface area (Å²) >= 11 is 0. The van der Waals surface area contributed by atoms with E-state index < -0.39 is 6.10 Å². The van der Waals surface area contributed by atoms with Gasteiger partial charge in [0.15, 0.2) is 6.10 Å². The number of rotatable bonds is 7. The summed E-state index contributed by atoms with van der Waals surface area (Å²) in [5.74, 6) is 1.38. The lowest BCUT2D eigenvalue weighted by Gasteiger charge is -2.14. The van der Waals surface area contributed by atoms with Crippen LogP contribution in [0.4, 0.5) is 0 Å². The summed E-state index contributed by atoms with van der Waals surface area (Å²) in [6, 6.07) is 17.0. The zero-order valence-electron chi connectivity index (χ0n) is 12.9. The van der Waals surface area contributed by atoms with Gasteiger partial charge in [-0.2, -0.15) is 0 Å². The van der Waals surface area contributed by atoms with Crippen LogP contribution in [0.25, 0.3) is 0 Å². The third-order valence-electron chi connectivity index (χ3n) is 3.13. The van der Waals surface area contributed by atoms with Gasteiger partial charge in [0.05, 0.1) is 6.61 Å². The molecule has 0 saturated heterocycles. The van der Waals surface area contributed by atoms with Gasteiger partial charge < -0.3 is 14.8 Å². The first kappa shape index (κ1) is 15.9. The van der Waals surface area contributed by atoms with Gasteiger partial charge in [0.2, 0.25) is 0 Å². The van der Waals surface area contributed by atoms with Crippen LogP contribution in [0.3, 0.4) is 0 Å². The van der Waals surface area contributed by atoms with E-state index in [9.17, 15) is 4.79 Å². The van der Waals surface area contributed by atoms with Crippen LogP contribution in [0.15, 0.2) is 54.6 Å². The van der Waals surface area contributed by atoms with Crippen molar-refractivity contribution in [1.29, 1.82) is 0 Å². The van der Waals surface area contributed by atoms with Crippen LogP contribution in [0, 0.1) is 0 Å². The molecule has 1 unspecified atom stereocenters. The number of benzene rings is 2. The summed E-state index contributed by atoms with van der Waals surface area (Å²) in [7, 11) is 0. The Bertz CT molecular complexity index is 581. The van der Waals surface area contributed by atoms with Crippen molar-refractivity contribution in [2.45, 2.75) is 26.5 Å². The molecule has 0 aliphatic heterocycles. The molecule has 4 nitrogen and oxygen atoms in total. The minimum Gasteiger partial charge on any atom is -0.494 e. The van der Waals surface area contributed by atoms with Gasteiger partial charge in [-0.3, -0.25) is 4.79 Å². The average Bonchev–Trinajstić information content (AvgIpc) is 2.55. The second-order valence-electron chi connectivity index (χ2n) is 4.87. The largest absolute Gasteiger partial charge is 0.494 e. The van der Waals surface area contributed by atoms with Gasteiger partial charge in [0.1, 0.15) is 11.5 Å². The number of hydrogen-bond acceptors (Lipinski definition) is 3. The molecule has 0 saturated carbocycles. The zero-order chi connectivity index (χ0) is 15.8. The fourth-order valence-electron chi connectivity index (χ4n) is 1.96. The highest BCUT2D eigenvalue weighted by atomic mass is 16.5. The Morgan fingerprint density at radius 1 is 1.05 bits per heavy atom. The van der Waals surface area contributed by atoms with Gasteiger partial charge in [0.25, 0.3) is 5.91 Å². The molecule has 0 bridgehead atoms. The fraction of sp³-hybridized carbons (Fsp3) is 0.278. The predicted molar refractivity (Wildman–Crippen MR) is 86.0 cm³/mol. The van der Waals surface area contributed by atoms with E-state index in [4.69, 9.17) is 9.47 Å². The summed E-state index contributed by atoms with van der Waals surface area (Å²) in [5, 5.41) is 2.87. The topological polar surface area (TPSA) is 47.6 Å². The van der Waals surface area contributed by atoms with E-state index in [0.29, 0.717) is 18.9 Å². The molecular weight excluding hydrogens is 278 g/mol. The molecule has 0 aromatic heterocycles. The molecule has 0 heterocycles. The van der Waals surface area contributed by atoms with E-state index in [0.717, 1.165) is 11.3 Å². The molecule has 0 aliphatic carbocycles. The van der Waals surface area contributed by atoms with E-state index >= 15 is 0 Å². The lowest BCUT2D eigenvalue weighted by atomic mass is 10.2. The average molecular weight is 299 g/mol. The third kappa shape index (κ3) is 4.81. The highest BCUT2D eigenvalue weighted by molar-refractivity contribution is 5.80. The standard InChI is InChI=1S/C18H21NO3/c1-3-21-16-11-9-15(10-12-16)13-19-18(20)14(2)22-17-7-5-4-6-8-17/h4-12,14H,3,13H2,1-2H3,(H,19,20). The van der Waals surface area contributed by atoms with Crippen LogP contribution in [-0.2, 0) is 11.3 Å². The van der Waals surface area contributed by atoms with E-state index in [2.05, 4.69) is 5.32 Å². The second-order valence-corrected chi connectivity index (χ2v) is 4.87. The van der Waals surface area contributed by atoms with Crippen molar-refractivity contribution in [2.75, 3.05) is 6.61 Å². The number of para-hydroxylation sites is 1. The Morgan fingerprint density at radius 3 is 2.36 bits per heavy atom. The quantitative estimate of drug-likeness (QED) is 0.854. The molecule has 1 N–H and O–H groups in total. The molecule has 2 rings (SSSR count). The van der Waals surface area contributed by atoms with Crippen LogP contribution in [0.5, 0.6) is 11.5 Å². The Morgan fingerprint density at radius 2 is 1.73 bits per heavy atom. The molecule has 22 heavy (non-hydrogen) atoms. The highest BCUT2D eigenvalue weighted by Gasteiger charge is 2.13. The number of carbonyl (C=O) groups is 1. The number of hydrogen-bond donors (Lipinski definition) is 1. The van der Waals surface area contributed by atoms with Gasteiger partial charge in [-0.1, -0.05) is 30.3 Å². The molecule has 1 atom stereocenters. The summed E-state index contributed by atoms with van der Waals surface area (Å²) in [4.78, 5) is 12.0. The first-order valence-electron chi connectivity index (χ1n) is 7.40. The molecule has 2 aromatic rings. The smallest absolute Gasteiger partial charge is 0.261 e. The van der Waals surface area contributed by atoms with Crippen LogP contribution >= 0.6 is 0 Å². The summed E-state index contributed by atoms with van der Waals surface area (Å²) < 4.78 is 11.0. The predicted octanol–water partition coefficient (Wildman–Crippen LogP) is 3.17. The Balaban J connectivity index is 1.81. The maximum Gasteiger partial charge on any atom is 0.261 e. The van der Waals surface area contributed by atoms with Crippen molar-refractivity contribution >= 4 is 5.91 Å². The Labute approximate surface area is 131 Å². The number of ether oxygens (including phenoxy) is 2. The van der Waals surface area contributed by atoms with E-state index in [1.165, 1.54) is 0 Å². The maximum atomic E-state index is 12.0. The normalized spacial score (nSPS) is 11.5. The maximum absolute atomic E-state index is 12.0. The van der Waals surface area contributed by atoms with Crippen molar-refractivity contribution in [3.8, 4) is 11.5 Å². The second kappa shape index (κ2) is 8.08. The third-order valence-corrected chi connectivity index (χ3v) is 3.13. The van der Waals surface area contributed by atoms with Gasteiger partial charge in [-0.25, -0.2) is 0 Å². The number of carbonyl (C=O) groups excluding carboxylic acids is 1. The van der Waals surface area contributed by atoms with Crippen LogP contribution < -0.4 is 14.8 Å². The van der Waals surface area contributed by atoms with Crippen molar-refractivity contribution < 1.29 is 14.3 Å². The van der Waals surface area contributed by atoms with Gasteiger partial charge >= 0.3 is 0 Å². The van der Waals surface area contributed by atoms with Crippen LogP contribution in [0.1, 0.15) is 19.4 Å². The summed E-state index contributed by atoms with van der Waals surface area (Å²) in [5.41, 5.74) is 1.02. The molecule has 0 radical (unpaired) electrons. The SMILES string of the molecule is CCOc1ccc(CNC(=O)C(C)Oc2ccccc2)cc1. The molecule has 0 aliphatic rings. The van der Waals surface area contributed by atoms with E-state index in [1.807, 2.05) is 61.5 Å². The molecule has 1 amide bonds. The monoisotopic (exact) mass is 299 g/mol. The first-order chi connectivity index (χ1) is 10.7. The molecule has 0 fully saturated rings. The molecule has 0 spiro atoms. The van der Waals surface area contributed by atoms with Gasteiger partial charge in [-0.15, -0.1) is 0 Å². The van der Waals surface area contributed by atoms with Crippen molar-refractivity contribution in [3.05, 3.63) is 60.2 Å². The molecular formula is C18H21NO3. The number of nitrogens with one attached hydrogen (secondary N) is 1. The Hall–Kier alpha value is -2.49. The van der Waals surface area contributed by atoms with E-state index in [-0.39, 0.29) is 5.91 Å². The number of amides is 1.